The predicted octanol–water partition coefficient (Wildman–Crippen LogP) is 0.531. The first-order valence-electron chi connectivity index (χ1n) is 4.84. The molecule has 0 saturated carbocycles. The minimum atomic E-state index is -1.88. The highest BCUT2D eigenvalue weighted by molar-refractivity contribution is 6.36. The van der Waals surface area contributed by atoms with Gasteiger partial charge in [-0.2, -0.15) is 0 Å². The summed E-state index contributed by atoms with van der Waals surface area (Å²) in [7, 11) is -1.88. The summed E-state index contributed by atoms with van der Waals surface area (Å²) in [6.07, 6.45) is 0.916. The van der Waals surface area contributed by atoms with Crippen LogP contribution in [0.2, 0.25) is 0 Å². The van der Waals surface area contributed by atoms with E-state index in [0.717, 1.165) is 6.42 Å². The van der Waals surface area contributed by atoms with Gasteiger partial charge in [-0.3, -0.25) is 0 Å². The third-order valence-corrected chi connectivity index (χ3v) is 3.25. The molecule has 80 valence electrons. The van der Waals surface area contributed by atoms with E-state index in [2.05, 4.69) is 0 Å². The highest BCUT2D eigenvalue weighted by Crippen LogP contribution is 1.95. The molecule has 0 amide bonds. The van der Waals surface area contributed by atoms with Crippen molar-refractivity contribution in [2.45, 2.75) is 33.2 Å². The first kappa shape index (κ1) is 13.1. The van der Waals surface area contributed by atoms with Gasteiger partial charge >= 0.3 is 9.53 Å². The lowest BCUT2D eigenvalue weighted by molar-refractivity contribution is 0.0963. The van der Waals surface area contributed by atoms with Crippen LogP contribution in [0.1, 0.15) is 27.2 Å². The fourth-order valence-electron chi connectivity index (χ4n) is 0.737. The Morgan fingerprint density at radius 1 is 1.08 bits per heavy atom. The van der Waals surface area contributed by atoms with Gasteiger partial charge in [-0.15, -0.1) is 0 Å². The molecular formula is C8H21NO3Si. The summed E-state index contributed by atoms with van der Waals surface area (Å²) in [4.78, 5) is 0. The van der Waals surface area contributed by atoms with Crippen molar-refractivity contribution >= 4 is 9.53 Å². The van der Waals surface area contributed by atoms with E-state index in [1.165, 1.54) is 0 Å². The van der Waals surface area contributed by atoms with Crippen LogP contribution in [-0.4, -0.2) is 35.4 Å². The molecule has 0 radical (unpaired) electrons. The first-order valence-corrected chi connectivity index (χ1v) is 6.26. The third kappa shape index (κ3) is 7.15. The molecule has 13 heavy (non-hydrogen) atoms. The van der Waals surface area contributed by atoms with Crippen LogP contribution in [0, 0.1) is 0 Å². The smallest absolute Gasteiger partial charge is 0.376 e. The van der Waals surface area contributed by atoms with Crippen molar-refractivity contribution in [1.29, 1.82) is 0 Å². The Kier molecular flexibility index (Phi) is 8.68. The Bertz CT molecular complexity index is 110. The van der Waals surface area contributed by atoms with Crippen molar-refractivity contribution in [1.82, 2.24) is 0 Å². The van der Waals surface area contributed by atoms with Crippen LogP contribution in [-0.2, 0) is 13.3 Å². The van der Waals surface area contributed by atoms with Gasteiger partial charge in [0.15, 0.2) is 0 Å². The minimum absolute atomic E-state index is 0.0934. The molecule has 5 heteroatoms. The van der Waals surface area contributed by atoms with Gasteiger partial charge in [0.05, 0.1) is 6.61 Å². The number of hydrogen-bond donors (Lipinski definition) is 1. The fraction of sp³-hybridized carbons (Fsp3) is 1.00. The van der Waals surface area contributed by atoms with Gasteiger partial charge in [0, 0.05) is 19.3 Å². The summed E-state index contributed by atoms with van der Waals surface area (Å²) in [6, 6.07) is 0.0934. The van der Waals surface area contributed by atoms with Gasteiger partial charge in [0.1, 0.15) is 0 Å². The summed E-state index contributed by atoms with van der Waals surface area (Å²) in [6.45, 7) is 7.71. The van der Waals surface area contributed by atoms with E-state index in [4.69, 9.17) is 19.0 Å². The molecule has 0 aromatic rings. The van der Waals surface area contributed by atoms with Gasteiger partial charge in [0.2, 0.25) is 0 Å². The lowest BCUT2D eigenvalue weighted by Gasteiger charge is -2.17. The molecule has 0 saturated heterocycles. The Hall–Kier alpha value is 0.0569. The van der Waals surface area contributed by atoms with E-state index in [0.29, 0.717) is 19.8 Å². The molecule has 0 aromatic carbocycles. The fourth-order valence-corrected chi connectivity index (χ4v) is 1.97. The van der Waals surface area contributed by atoms with Crippen LogP contribution >= 0.6 is 0 Å². The first-order chi connectivity index (χ1) is 6.24. The van der Waals surface area contributed by atoms with Crippen molar-refractivity contribution in [3.05, 3.63) is 0 Å². The molecular weight excluding hydrogens is 186 g/mol. The zero-order valence-corrected chi connectivity index (χ0v) is 9.94. The molecule has 0 spiro atoms. The second-order valence-electron chi connectivity index (χ2n) is 2.70. The maximum atomic E-state index is 5.70. The molecule has 0 fully saturated rings. The third-order valence-electron chi connectivity index (χ3n) is 1.58. The zero-order valence-electron chi connectivity index (χ0n) is 8.79. The maximum absolute atomic E-state index is 5.70. The van der Waals surface area contributed by atoms with Crippen LogP contribution in [0.3, 0.4) is 0 Å². The Balaban J connectivity index is 3.55. The summed E-state index contributed by atoms with van der Waals surface area (Å²) >= 11 is 0. The summed E-state index contributed by atoms with van der Waals surface area (Å²) in [5, 5.41) is 0. The Morgan fingerprint density at radius 3 is 2.00 bits per heavy atom. The van der Waals surface area contributed by atoms with Gasteiger partial charge in [0.25, 0.3) is 0 Å². The van der Waals surface area contributed by atoms with E-state index in [9.17, 15) is 0 Å². The molecule has 1 atom stereocenters. The van der Waals surface area contributed by atoms with Crippen LogP contribution in [0.5, 0.6) is 0 Å². The predicted molar refractivity (Wildman–Crippen MR) is 54.6 cm³/mol. The maximum Gasteiger partial charge on any atom is 0.484 e. The van der Waals surface area contributed by atoms with Gasteiger partial charge in [-0.05, 0) is 20.3 Å². The molecule has 0 rings (SSSR count). The minimum Gasteiger partial charge on any atom is -0.376 e. The molecule has 0 aliphatic rings. The lowest BCUT2D eigenvalue weighted by Crippen LogP contribution is -2.34. The van der Waals surface area contributed by atoms with E-state index in [-0.39, 0.29) is 6.04 Å². The highest BCUT2D eigenvalue weighted by Gasteiger charge is 2.14. The van der Waals surface area contributed by atoms with Gasteiger partial charge in [-0.1, -0.05) is 6.92 Å². The average Bonchev–Trinajstić information content (AvgIpc) is 2.14. The van der Waals surface area contributed by atoms with E-state index in [1.54, 1.807) is 0 Å². The van der Waals surface area contributed by atoms with Crippen molar-refractivity contribution in [3.63, 3.8) is 0 Å². The number of hydrogen-bond acceptors (Lipinski definition) is 4. The Labute approximate surface area is 82.3 Å². The second-order valence-corrected chi connectivity index (χ2v) is 4.28. The SMILES string of the molecule is CCO[SiH](OCC)OCC(N)CC. The summed E-state index contributed by atoms with van der Waals surface area (Å²) < 4.78 is 16.1. The van der Waals surface area contributed by atoms with Gasteiger partial charge in [-0.25, -0.2) is 0 Å². The van der Waals surface area contributed by atoms with E-state index < -0.39 is 9.53 Å². The molecule has 2 N–H and O–H groups in total. The standard InChI is InChI=1S/C8H21NO3Si/c1-4-8(9)7-12-13(10-5-2)11-6-3/h8,13H,4-7,9H2,1-3H3. The summed E-state index contributed by atoms with van der Waals surface area (Å²) in [5.41, 5.74) is 5.70. The molecule has 0 aliphatic carbocycles. The van der Waals surface area contributed by atoms with E-state index in [1.807, 2.05) is 20.8 Å². The number of rotatable bonds is 8. The molecule has 0 aliphatic heterocycles. The monoisotopic (exact) mass is 207 g/mol. The Morgan fingerprint density at radius 2 is 1.62 bits per heavy atom. The molecule has 0 aromatic heterocycles. The largest absolute Gasteiger partial charge is 0.484 e. The molecule has 0 heterocycles. The van der Waals surface area contributed by atoms with Crippen LogP contribution < -0.4 is 5.73 Å². The lowest BCUT2D eigenvalue weighted by atomic mass is 10.3. The van der Waals surface area contributed by atoms with Crippen molar-refractivity contribution in [3.8, 4) is 0 Å². The van der Waals surface area contributed by atoms with E-state index >= 15 is 0 Å². The van der Waals surface area contributed by atoms with Crippen LogP contribution in [0.25, 0.3) is 0 Å². The van der Waals surface area contributed by atoms with Crippen molar-refractivity contribution < 1.29 is 13.3 Å². The van der Waals surface area contributed by atoms with Crippen LogP contribution in [0.4, 0.5) is 0 Å². The topological polar surface area (TPSA) is 53.7 Å². The normalized spacial score (nSPS) is 13.6. The average molecular weight is 207 g/mol. The van der Waals surface area contributed by atoms with Crippen molar-refractivity contribution in [2.24, 2.45) is 5.73 Å². The molecule has 4 nitrogen and oxygen atoms in total. The molecule has 1 unspecified atom stereocenters. The molecule has 0 bridgehead atoms. The second kappa shape index (κ2) is 8.65. The van der Waals surface area contributed by atoms with Crippen molar-refractivity contribution in [2.75, 3.05) is 19.8 Å². The highest BCUT2D eigenvalue weighted by atomic mass is 28.3. The quantitative estimate of drug-likeness (QED) is 0.590. The van der Waals surface area contributed by atoms with Crippen LogP contribution in [0.15, 0.2) is 0 Å². The summed E-state index contributed by atoms with van der Waals surface area (Å²) in [5.74, 6) is 0. The zero-order chi connectivity index (χ0) is 10.1. The van der Waals surface area contributed by atoms with Gasteiger partial charge < -0.3 is 19.0 Å². The number of nitrogens with two attached hydrogens (primary N) is 1.